The van der Waals surface area contributed by atoms with Gasteiger partial charge in [0.2, 0.25) is 10.0 Å². The molecule has 0 aliphatic carbocycles. The lowest BCUT2D eigenvalue weighted by Crippen LogP contribution is -2.33. The highest BCUT2D eigenvalue weighted by atomic mass is 32.2. The number of rotatable bonds is 5. The SMILES string of the molecule is CCC(C)NS(=O)(=O)c1cc(N)ccc1C(=O)OC. The first-order valence-corrected chi connectivity index (χ1v) is 7.30. The van der Waals surface area contributed by atoms with Crippen molar-refractivity contribution in [2.75, 3.05) is 12.8 Å². The Morgan fingerprint density at radius 3 is 2.63 bits per heavy atom. The van der Waals surface area contributed by atoms with Gasteiger partial charge in [0.15, 0.2) is 0 Å². The Hall–Kier alpha value is -1.60. The number of anilines is 1. The van der Waals surface area contributed by atoms with E-state index < -0.39 is 16.0 Å². The average Bonchev–Trinajstić information content (AvgIpc) is 2.37. The van der Waals surface area contributed by atoms with Crippen LogP contribution >= 0.6 is 0 Å². The van der Waals surface area contributed by atoms with E-state index in [0.29, 0.717) is 6.42 Å². The van der Waals surface area contributed by atoms with Crippen molar-refractivity contribution < 1.29 is 17.9 Å². The van der Waals surface area contributed by atoms with E-state index in [9.17, 15) is 13.2 Å². The summed E-state index contributed by atoms with van der Waals surface area (Å²) in [6.07, 6.45) is 0.634. The van der Waals surface area contributed by atoms with Crippen LogP contribution in [-0.2, 0) is 14.8 Å². The van der Waals surface area contributed by atoms with Crippen LogP contribution < -0.4 is 10.5 Å². The molecule has 1 unspecified atom stereocenters. The largest absolute Gasteiger partial charge is 0.465 e. The molecular formula is C12H18N2O4S. The van der Waals surface area contributed by atoms with E-state index in [2.05, 4.69) is 9.46 Å². The van der Waals surface area contributed by atoms with E-state index in [-0.39, 0.29) is 22.2 Å². The Morgan fingerprint density at radius 1 is 1.47 bits per heavy atom. The smallest absolute Gasteiger partial charge is 0.339 e. The molecule has 0 saturated heterocycles. The molecule has 0 aromatic heterocycles. The summed E-state index contributed by atoms with van der Waals surface area (Å²) < 4.78 is 31.5. The van der Waals surface area contributed by atoms with E-state index in [4.69, 9.17) is 5.73 Å². The fourth-order valence-electron chi connectivity index (χ4n) is 1.45. The van der Waals surface area contributed by atoms with Gasteiger partial charge in [-0.3, -0.25) is 0 Å². The number of benzene rings is 1. The number of nitrogens with one attached hydrogen (secondary N) is 1. The zero-order valence-electron chi connectivity index (χ0n) is 11.1. The number of carbonyl (C=O) groups is 1. The molecule has 0 bridgehead atoms. The lowest BCUT2D eigenvalue weighted by atomic mass is 10.2. The molecule has 106 valence electrons. The molecular weight excluding hydrogens is 268 g/mol. The molecule has 0 aliphatic rings. The predicted molar refractivity (Wildman–Crippen MR) is 72.3 cm³/mol. The number of hydrogen-bond donors (Lipinski definition) is 2. The maximum absolute atomic E-state index is 12.2. The fourth-order valence-corrected chi connectivity index (χ4v) is 3.01. The first-order chi connectivity index (χ1) is 8.81. The molecule has 7 heteroatoms. The molecule has 6 nitrogen and oxygen atoms in total. The van der Waals surface area contributed by atoms with Gasteiger partial charge >= 0.3 is 5.97 Å². The van der Waals surface area contributed by atoms with Crippen LogP contribution in [0.3, 0.4) is 0 Å². The van der Waals surface area contributed by atoms with Gasteiger partial charge in [-0.15, -0.1) is 0 Å². The standard InChI is InChI=1S/C12H18N2O4S/c1-4-8(2)14-19(16,17)11-7-9(13)5-6-10(11)12(15)18-3/h5-8,14H,4,13H2,1-3H3. The van der Waals surface area contributed by atoms with Crippen LogP contribution in [0.15, 0.2) is 23.1 Å². The average molecular weight is 286 g/mol. The third kappa shape index (κ3) is 3.68. The lowest BCUT2D eigenvalue weighted by Gasteiger charge is -2.14. The van der Waals surface area contributed by atoms with Gasteiger partial charge in [0, 0.05) is 11.7 Å². The third-order valence-electron chi connectivity index (χ3n) is 2.67. The molecule has 1 aromatic carbocycles. The highest BCUT2D eigenvalue weighted by Gasteiger charge is 2.24. The van der Waals surface area contributed by atoms with Crippen molar-refractivity contribution in [2.24, 2.45) is 0 Å². The Bertz CT molecular complexity index is 569. The minimum absolute atomic E-state index is 0.0347. The van der Waals surface area contributed by atoms with Gasteiger partial charge in [0.05, 0.1) is 17.6 Å². The van der Waals surface area contributed by atoms with E-state index in [1.54, 1.807) is 6.92 Å². The molecule has 1 atom stereocenters. The Labute approximate surface area is 113 Å². The Morgan fingerprint density at radius 2 is 2.11 bits per heavy atom. The van der Waals surface area contributed by atoms with E-state index in [0.717, 1.165) is 0 Å². The zero-order chi connectivity index (χ0) is 14.6. The number of methoxy groups -OCH3 is 1. The molecule has 0 saturated carbocycles. The second kappa shape index (κ2) is 6.03. The maximum atomic E-state index is 12.2. The lowest BCUT2D eigenvalue weighted by molar-refractivity contribution is 0.0596. The topological polar surface area (TPSA) is 98.5 Å². The predicted octanol–water partition coefficient (Wildman–Crippen LogP) is 1.13. The van der Waals surface area contributed by atoms with Crippen molar-refractivity contribution in [1.29, 1.82) is 0 Å². The van der Waals surface area contributed by atoms with Gasteiger partial charge in [-0.05, 0) is 31.5 Å². The van der Waals surface area contributed by atoms with Crippen LogP contribution in [-0.4, -0.2) is 27.5 Å². The first-order valence-electron chi connectivity index (χ1n) is 5.82. The number of sulfonamides is 1. The summed E-state index contributed by atoms with van der Waals surface area (Å²) in [7, 11) is -2.62. The van der Waals surface area contributed by atoms with Gasteiger partial charge in [-0.2, -0.15) is 0 Å². The van der Waals surface area contributed by atoms with Gasteiger partial charge in [0.1, 0.15) is 0 Å². The summed E-state index contributed by atoms with van der Waals surface area (Å²) in [6.45, 7) is 3.59. The van der Waals surface area contributed by atoms with Gasteiger partial charge in [-0.25, -0.2) is 17.9 Å². The van der Waals surface area contributed by atoms with Gasteiger partial charge in [-0.1, -0.05) is 6.92 Å². The number of nitrogens with two attached hydrogens (primary N) is 1. The molecule has 0 fully saturated rings. The van der Waals surface area contributed by atoms with E-state index >= 15 is 0 Å². The summed E-state index contributed by atoms with van der Waals surface area (Å²) in [6, 6.07) is 3.80. The van der Waals surface area contributed by atoms with Crippen molar-refractivity contribution in [3.8, 4) is 0 Å². The van der Waals surface area contributed by atoms with Crippen molar-refractivity contribution in [3.05, 3.63) is 23.8 Å². The monoisotopic (exact) mass is 286 g/mol. The quantitative estimate of drug-likeness (QED) is 0.624. The molecule has 1 aromatic rings. The van der Waals surface area contributed by atoms with Crippen LogP contribution in [0.25, 0.3) is 0 Å². The summed E-state index contributed by atoms with van der Waals surface area (Å²) >= 11 is 0. The van der Waals surface area contributed by atoms with Crippen molar-refractivity contribution in [2.45, 2.75) is 31.2 Å². The van der Waals surface area contributed by atoms with Crippen LogP contribution in [0, 0.1) is 0 Å². The number of ether oxygens (including phenoxy) is 1. The van der Waals surface area contributed by atoms with Crippen molar-refractivity contribution >= 4 is 21.7 Å². The van der Waals surface area contributed by atoms with Gasteiger partial charge < -0.3 is 10.5 Å². The van der Waals surface area contributed by atoms with E-state index in [1.165, 1.54) is 25.3 Å². The van der Waals surface area contributed by atoms with Crippen molar-refractivity contribution in [3.63, 3.8) is 0 Å². The number of nitrogen functional groups attached to an aromatic ring is 1. The Kier molecular flexibility index (Phi) is 4.90. The third-order valence-corrected chi connectivity index (χ3v) is 4.30. The minimum atomic E-state index is -3.81. The molecule has 1 rings (SSSR count). The molecule has 0 amide bonds. The van der Waals surface area contributed by atoms with Crippen molar-refractivity contribution in [1.82, 2.24) is 4.72 Å². The summed E-state index contributed by atoms with van der Waals surface area (Å²) in [5.74, 6) is -0.718. The fraction of sp³-hybridized carbons (Fsp3) is 0.417. The number of carbonyl (C=O) groups excluding carboxylic acids is 1. The molecule has 19 heavy (non-hydrogen) atoms. The molecule has 3 N–H and O–H groups in total. The van der Waals surface area contributed by atoms with Crippen LogP contribution in [0.2, 0.25) is 0 Å². The molecule has 0 spiro atoms. The second-order valence-electron chi connectivity index (χ2n) is 4.18. The maximum Gasteiger partial charge on any atom is 0.339 e. The summed E-state index contributed by atoms with van der Waals surface area (Å²) in [5.41, 5.74) is 5.81. The van der Waals surface area contributed by atoms with Crippen LogP contribution in [0.4, 0.5) is 5.69 Å². The molecule has 0 heterocycles. The van der Waals surface area contributed by atoms with Gasteiger partial charge in [0.25, 0.3) is 0 Å². The summed E-state index contributed by atoms with van der Waals surface area (Å²) in [4.78, 5) is 11.4. The first kappa shape index (κ1) is 15.5. The number of esters is 1. The Balaban J connectivity index is 3.32. The highest BCUT2D eigenvalue weighted by molar-refractivity contribution is 7.89. The normalized spacial score (nSPS) is 13.0. The second-order valence-corrected chi connectivity index (χ2v) is 5.86. The molecule has 0 aliphatic heterocycles. The number of hydrogen-bond acceptors (Lipinski definition) is 5. The molecule has 0 radical (unpaired) electrons. The highest BCUT2D eigenvalue weighted by Crippen LogP contribution is 2.20. The summed E-state index contributed by atoms with van der Waals surface area (Å²) in [5, 5.41) is 0. The van der Waals surface area contributed by atoms with Crippen LogP contribution in [0.5, 0.6) is 0 Å². The minimum Gasteiger partial charge on any atom is -0.465 e. The van der Waals surface area contributed by atoms with Crippen LogP contribution in [0.1, 0.15) is 30.6 Å². The van der Waals surface area contributed by atoms with E-state index in [1.807, 2.05) is 6.92 Å². The zero-order valence-corrected chi connectivity index (χ0v) is 12.0.